The molecule has 0 bridgehead atoms. The number of hydrogen-bond acceptors (Lipinski definition) is 3. The van der Waals surface area contributed by atoms with Gasteiger partial charge < -0.3 is 15.2 Å². The number of hydrogen-bond donors (Lipinski definition) is 1. The first kappa shape index (κ1) is 11.8. The Labute approximate surface area is 108 Å². The van der Waals surface area contributed by atoms with Gasteiger partial charge >= 0.3 is 0 Å². The van der Waals surface area contributed by atoms with Crippen LogP contribution in [0.3, 0.4) is 0 Å². The van der Waals surface area contributed by atoms with Crippen molar-refractivity contribution in [3.63, 3.8) is 0 Å². The van der Waals surface area contributed by atoms with Gasteiger partial charge in [-0.15, -0.1) is 0 Å². The Bertz CT molecular complexity index is 464. The summed E-state index contributed by atoms with van der Waals surface area (Å²) in [5, 5.41) is 0. The van der Waals surface area contributed by atoms with Crippen LogP contribution in [0.5, 0.6) is 11.5 Å². The fourth-order valence-corrected chi connectivity index (χ4v) is 2.54. The molecule has 3 rings (SSSR count). The third kappa shape index (κ3) is 1.97. The summed E-state index contributed by atoms with van der Waals surface area (Å²) < 4.78 is 11.5. The van der Waals surface area contributed by atoms with Gasteiger partial charge in [0.2, 0.25) is 0 Å². The van der Waals surface area contributed by atoms with Gasteiger partial charge in [0, 0.05) is 12.0 Å². The third-order valence-electron chi connectivity index (χ3n) is 3.87. The molecule has 0 spiro atoms. The predicted molar refractivity (Wildman–Crippen MR) is 71.2 cm³/mol. The highest BCUT2D eigenvalue weighted by atomic mass is 16.5. The molecule has 2 N–H and O–H groups in total. The number of nitrogens with two attached hydrogens (primary N) is 1. The van der Waals surface area contributed by atoms with Crippen LogP contribution in [0, 0.1) is 0 Å². The zero-order valence-corrected chi connectivity index (χ0v) is 11.2. The lowest BCUT2D eigenvalue weighted by atomic mass is 9.91. The molecule has 18 heavy (non-hydrogen) atoms. The molecule has 98 valence electrons. The highest BCUT2D eigenvalue weighted by Gasteiger charge is 2.42. The maximum absolute atomic E-state index is 6.38. The second-order valence-corrected chi connectivity index (χ2v) is 5.75. The van der Waals surface area contributed by atoms with Crippen LogP contribution >= 0.6 is 0 Å². The predicted octanol–water partition coefficient (Wildman–Crippen LogP) is 2.92. The van der Waals surface area contributed by atoms with Gasteiger partial charge in [0.1, 0.15) is 0 Å². The fraction of sp³-hybridized carbons (Fsp3) is 0.600. The zero-order valence-electron chi connectivity index (χ0n) is 11.2. The monoisotopic (exact) mass is 247 g/mol. The van der Waals surface area contributed by atoms with Gasteiger partial charge in [0.05, 0.1) is 13.2 Å². The average Bonchev–Trinajstić information content (AvgIpc) is 3.11. The lowest BCUT2D eigenvalue weighted by Gasteiger charge is -2.20. The van der Waals surface area contributed by atoms with E-state index in [0.717, 1.165) is 44.0 Å². The van der Waals surface area contributed by atoms with Gasteiger partial charge in [0.25, 0.3) is 0 Å². The van der Waals surface area contributed by atoms with Crippen molar-refractivity contribution in [1.29, 1.82) is 0 Å². The lowest BCUT2D eigenvalue weighted by molar-refractivity contribution is 0.297. The Balaban J connectivity index is 2.09. The molecule has 0 aromatic heterocycles. The van der Waals surface area contributed by atoms with Crippen molar-refractivity contribution in [3.8, 4) is 11.5 Å². The SMILES string of the molecule is CC(C)c1cc2c(cc1C1(N)CC1)OCCCO2. The molecular weight excluding hydrogens is 226 g/mol. The average molecular weight is 247 g/mol. The van der Waals surface area contributed by atoms with Crippen LogP contribution in [0.2, 0.25) is 0 Å². The third-order valence-corrected chi connectivity index (χ3v) is 3.87. The summed E-state index contributed by atoms with van der Waals surface area (Å²) in [6.45, 7) is 5.87. The van der Waals surface area contributed by atoms with E-state index in [0.29, 0.717) is 5.92 Å². The van der Waals surface area contributed by atoms with Crippen molar-refractivity contribution >= 4 is 0 Å². The van der Waals surface area contributed by atoms with E-state index >= 15 is 0 Å². The Morgan fingerprint density at radius 1 is 1.11 bits per heavy atom. The summed E-state index contributed by atoms with van der Waals surface area (Å²) in [6, 6.07) is 4.25. The Morgan fingerprint density at radius 2 is 1.72 bits per heavy atom. The van der Waals surface area contributed by atoms with E-state index < -0.39 is 0 Å². The van der Waals surface area contributed by atoms with Crippen molar-refractivity contribution in [1.82, 2.24) is 0 Å². The van der Waals surface area contributed by atoms with E-state index in [1.807, 2.05) is 0 Å². The summed E-state index contributed by atoms with van der Waals surface area (Å²) in [5.41, 5.74) is 8.82. The standard InChI is InChI=1S/C15H21NO2/c1-10(2)11-8-13-14(18-7-3-6-17-13)9-12(11)15(16)4-5-15/h8-10H,3-7,16H2,1-2H3. The van der Waals surface area contributed by atoms with Crippen LogP contribution in [0.25, 0.3) is 0 Å². The van der Waals surface area contributed by atoms with Gasteiger partial charge in [0.15, 0.2) is 11.5 Å². The molecule has 0 radical (unpaired) electrons. The first-order chi connectivity index (χ1) is 8.60. The highest BCUT2D eigenvalue weighted by molar-refractivity contribution is 5.52. The quantitative estimate of drug-likeness (QED) is 0.874. The molecule has 1 saturated carbocycles. The molecule has 3 nitrogen and oxygen atoms in total. The maximum Gasteiger partial charge on any atom is 0.161 e. The normalized spacial score (nSPS) is 20.7. The van der Waals surface area contributed by atoms with Gasteiger partial charge in [-0.25, -0.2) is 0 Å². The van der Waals surface area contributed by atoms with Gasteiger partial charge in [-0.05, 0) is 42.0 Å². The van der Waals surface area contributed by atoms with Crippen LogP contribution < -0.4 is 15.2 Å². The molecule has 1 aliphatic carbocycles. The van der Waals surface area contributed by atoms with E-state index in [1.54, 1.807) is 0 Å². The summed E-state index contributed by atoms with van der Waals surface area (Å²) in [5.74, 6) is 2.20. The van der Waals surface area contributed by atoms with Crippen molar-refractivity contribution in [2.24, 2.45) is 5.73 Å². The second kappa shape index (κ2) is 4.16. The number of benzene rings is 1. The van der Waals surface area contributed by atoms with Gasteiger partial charge in [-0.3, -0.25) is 0 Å². The first-order valence-electron chi connectivity index (χ1n) is 6.83. The van der Waals surface area contributed by atoms with Crippen LogP contribution in [0.1, 0.15) is 50.2 Å². The topological polar surface area (TPSA) is 44.5 Å². The summed E-state index contributed by atoms with van der Waals surface area (Å²) in [6.07, 6.45) is 3.09. The van der Waals surface area contributed by atoms with Crippen molar-refractivity contribution in [2.75, 3.05) is 13.2 Å². The molecule has 0 atom stereocenters. The zero-order chi connectivity index (χ0) is 12.8. The molecule has 0 unspecified atom stereocenters. The van der Waals surface area contributed by atoms with E-state index in [-0.39, 0.29) is 5.54 Å². The molecule has 2 aliphatic rings. The summed E-state index contributed by atoms with van der Waals surface area (Å²) in [4.78, 5) is 0. The van der Waals surface area contributed by atoms with Crippen LogP contribution in [0.15, 0.2) is 12.1 Å². The van der Waals surface area contributed by atoms with E-state index in [1.165, 1.54) is 11.1 Å². The van der Waals surface area contributed by atoms with E-state index in [9.17, 15) is 0 Å². The van der Waals surface area contributed by atoms with Gasteiger partial charge in [-0.2, -0.15) is 0 Å². The molecule has 1 aromatic rings. The molecule has 0 amide bonds. The smallest absolute Gasteiger partial charge is 0.161 e. The Kier molecular flexibility index (Phi) is 2.74. The summed E-state index contributed by atoms with van der Waals surface area (Å²) in [7, 11) is 0. The fourth-order valence-electron chi connectivity index (χ4n) is 2.54. The molecule has 1 aromatic carbocycles. The molecular formula is C15H21NO2. The highest BCUT2D eigenvalue weighted by Crippen LogP contribution is 2.48. The minimum Gasteiger partial charge on any atom is -0.490 e. The largest absolute Gasteiger partial charge is 0.490 e. The number of fused-ring (bicyclic) bond motifs is 1. The number of ether oxygens (including phenoxy) is 2. The Hall–Kier alpha value is -1.22. The van der Waals surface area contributed by atoms with Crippen LogP contribution in [0.4, 0.5) is 0 Å². The number of rotatable bonds is 2. The van der Waals surface area contributed by atoms with Crippen molar-refractivity contribution in [3.05, 3.63) is 23.3 Å². The first-order valence-corrected chi connectivity index (χ1v) is 6.83. The minimum absolute atomic E-state index is 0.121. The van der Waals surface area contributed by atoms with Gasteiger partial charge in [-0.1, -0.05) is 13.8 Å². The van der Waals surface area contributed by atoms with Crippen molar-refractivity contribution in [2.45, 2.75) is 44.6 Å². The Morgan fingerprint density at radius 3 is 2.28 bits per heavy atom. The second-order valence-electron chi connectivity index (χ2n) is 5.75. The maximum atomic E-state index is 6.38. The molecule has 1 aliphatic heterocycles. The molecule has 1 heterocycles. The minimum atomic E-state index is -0.121. The summed E-state index contributed by atoms with van der Waals surface area (Å²) >= 11 is 0. The van der Waals surface area contributed by atoms with Crippen LogP contribution in [-0.2, 0) is 5.54 Å². The molecule has 3 heteroatoms. The van der Waals surface area contributed by atoms with E-state index in [4.69, 9.17) is 15.2 Å². The molecule has 0 saturated heterocycles. The lowest BCUT2D eigenvalue weighted by Crippen LogP contribution is -2.21. The molecule has 1 fully saturated rings. The van der Waals surface area contributed by atoms with E-state index in [2.05, 4.69) is 26.0 Å². The van der Waals surface area contributed by atoms with Crippen LogP contribution in [-0.4, -0.2) is 13.2 Å². The van der Waals surface area contributed by atoms with Crippen molar-refractivity contribution < 1.29 is 9.47 Å².